The zero-order chi connectivity index (χ0) is 17.6. The number of hydrogen-bond donors (Lipinski definition) is 1. The monoisotopic (exact) mass is 351 g/mol. The van der Waals surface area contributed by atoms with Crippen LogP contribution in [0.25, 0.3) is 6.08 Å². The Labute approximate surface area is 149 Å². The fourth-order valence-electron chi connectivity index (χ4n) is 2.32. The van der Waals surface area contributed by atoms with Gasteiger partial charge in [0, 0.05) is 29.4 Å². The van der Waals surface area contributed by atoms with Gasteiger partial charge in [-0.05, 0) is 30.7 Å². The summed E-state index contributed by atoms with van der Waals surface area (Å²) < 4.78 is 1.57. The maximum atomic E-state index is 12.3. The van der Waals surface area contributed by atoms with Crippen LogP contribution >= 0.6 is 11.8 Å². The summed E-state index contributed by atoms with van der Waals surface area (Å²) in [5.74, 6) is 0. The quantitative estimate of drug-likeness (QED) is 0.717. The third-order valence-electron chi connectivity index (χ3n) is 3.61. The number of benzene rings is 1. The van der Waals surface area contributed by atoms with E-state index in [0.717, 1.165) is 10.5 Å². The number of rotatable bonds is 5. The Bertz CT molecular complexity index is 993. The molecule has 0 fully saturated rings. The minimum absolute atomic E-state index is 0.351. The Morgan fingerprint density at radius 1 is 1.16 bits per heavy atom. The number of nitrogens with zero attached hydrogens (tertiary/aromatic N) is 2. The Morgan fingerprint density at radius 3 is 2.68 bits per heavy atom. The van der Waals surface area contributed by atoms with Gasteiger partial charge in [-0.25, -0.2) is 4.79 Å². The summed E-state index contributed by atoms with van der Waals surface area (Å²) in [4.78, 5) is 31.7. The number of allylic oxidation sites excluding steroid dienone is 1. The van der Waals surface area contributed by atoms with E-state index in [4.69, 9.17) is 0 Å². The van der Waals surface area contributed by atoms with Gasteiger partial charge in [-0.3, -0.25) is 19.3 Å². The van der Waals surface area contributed by atoms with Gasteiger partial charge in [0.25, 0.3) is 5.56 Å². The molecule has 3 rings (SSSR count). The Kier molecular flexibility index (Phi) is 5.30. The van der Waals surface area contributed by atoms with Crippen molar-refractivity contribution in [3.05, 3.63) is 92.9 Å². The summed E-state index contributed by atoms with van der Waals surface area (Å²) in [7, 11) is 0. The van der Waals surface area contributed by atoms with Gasteiger partial charge in [0.2, 0.25) is 0 Å². The maximum absolute atomic E-state index is 12.3. The molecule has 1 aromatic carbocycles. The van der Waals surface area contributed by atoms with Crippen molar-refractivity contribution in [3.63, 3.8) is 0 Å². The van der Waals surface area contributed by atoms with Crippen LogP contribution in [0, 0.1) is 6.92 Å². The largest absolute Gasteiger partial charge is 0.329 e. The van der Waals surface area contributed by atoms with Crippen molar-refractivity contribution in [1.82, 2.24) is 14.5 Å². The van der Waals surface area contributed by atoms with Gasteiger partial charge in [0.1, 0.15) is 0 Å². The summed E-state index contributed by atoms with van der Waals surface area (Å²) in [5, 5.41) is 0.649. The number of hydrogen-bond acceptors (Lipinski definition) is 4. The van der Waals surface area contributed by atoms with Gasteiger partial charge in [-0.1, -0.05) is 48.2 Å². The molecule has 0 bridgehead atoms. The molecule has 1 N–H and O–H groups in total. The molecule has 2 aromatic heterocycles. The topological polar surface area (TPSA) is 67.8 Å². The Hall–Kier alpha value is -2.86. The third kappa shape index (κ3) is 4.16. The van der Waals surface area contributed by atoms with Gasteiger partial charge in [-0.2, -0.15) is 0 Å². The third-order valence-corrected chi connectivity index (χ3v) is 4.84. The van der Waals surface area contributed by atoms with Gasteiger partial charge in [0.15, 0.2) is 0 Å². The van der Waals surface area contributed by atoms with Crippen LogP contribution in [0.1, 0.15) is 11.1 Å². The predicted molar refractivity (Wildman–Crippen MR) is 99.9 cm³/mol. The lowest BCUT2D eigenvalue weighted by Gasteiger charge is -2.12. The molecule has 6 heteroatoms. The Morgan fingerprint density at radius 2 is 1.96 bits per heavy atom. The first kappa shape index (κ1) is 17.0. The zero-order valence-corrected chi connectivity index (χ0v) is 14.5. The normalized spacial score (nSPS) is 11.1. The maximum Gasteiger partial charge on any atom is 0.329 e. The van der Waals surface area contributed by atoms with Crippen LogP contribution in [-0.2, 0) is 6.54 Å². The van der Waals surface area contributed by atoms with Gasteiger partial charge in [-0.15, -0.1) is 0 Å². The van der Waals surface area contributed by atoms with E-state index in [-0.39, 0.29) is 5.56 Å². The highest BCUT2D eigenvalue weighted by Gasteiger charge is 2.12. The Balaban J connectivity index is 1.95. The lowest BCUT2D eigenvalue weighted by molar-refractivity contribution is 0.654. The molecule has 0 unspecified atom stereocenters. The predicted octanol–water partition coefficient (Wildman–Crippen LogP) is 3.10. The van der Waals surface area contributed by atoms with E-state index in [0.29, 0.717) is 17.1 Å². The molecule has 3 aromatic rings. The molecule has 0 aliphatic rings. The summed E-state index contributed by atoms with van der Waals surface area (Å²) in [6.07, 6.45) is 7.24. The summed E-state index contributed by atoms with van der Waals surface area (Å²) in [6, 6.07) is 13.5. The van der Waals surface area contributed by atoms with Gasteiger partial charge < -0.3 is 0 Å². The van der Waals surface area contributed by atoms with Crippen molar-refractivity contribution in [2.75, 3.05) is 0 Å². The van der Waals surface area contributed by atoms with Crippen LogP contribution in [0.15, 0.2) is 80.4 Å². The van der Waals surface area contributed by atoms with Crippen molar-refractivity contribution in [2.24, 2.45) is 0 Å². The second-order valence-corrected chi connectivity index (χ2v) is 6.47. The number of aromatic amines is 1. The number of H-pyrrole nitrogens is 1. The average molecular weight is 351 g/mol. The molecule has 0 aliphatic carbocycles. The first-order valence-corrected chi connectivity index (χ1v) is 8.60. The molecule has 0 radical (unpaired) electrons. The standard InChI is InChI=1S/C19H17N3O2S/c1-14-17(23)21-19(24)22(12-6-8-15-7-5-11-20-13-15)18(14)25-16-9-3-2-4-10-16/h2-11,13H,12H2,1H3,(H,21,23,24)/b8-6+. The van der Waals surface area contributed by atoms with Crippen molar-refractivity contribution < 1.29 is 0 Å². The molecule has 2 heterocycles. The molecule has 0 atom stereocenters. The van der Waals surface area contributed by atoms with E-state index < -0.39 is 5.69 Å². The molecular formula is C19H17N3O2S. The fraction of sp³-hybridized carbons (Fsp3) is 0.105. The number of aromatic nitrogens is 3. The van der Waals surface area contributed by atoms with E-state index in [1.165, 1.54) is 11.8 Å². The van der Waals surface area contributed by atoms with Gasteiger partial charge >= 0.3 is 5.69 Å². The van der Waals surface area contributed by atoms with Crippen molar-refractivity contribution >= 4 is 17.8 Å². The van der Waals surface area contributed by atoms with E-state index in [1.807, 2.05) is 54.6 Å². The molecule has 5 nitrogen and oxygen atoms in total. The highest BCUT2D eigenvalue weighted by molar-refractivity contribution is 7.99. The molecular weight excluding hydrogens is 334 g/mol. The molecule has 0 amide bonds. The van der Waals surface area contributed by atoms with Crippen molar-refractivity contribution in [2.45, 2.75) is 23.4 Å². The fourth-order valence-corrected chi connectivity index (χ4v) is 3.35. The average Bonchev–Trinajstić information content (AvgIpc) is 2.63. The van der Waals surface area contributed by atoms with Crippen LogP contribution in [-0.4, -0.2) is 14.5 Å². The first-order chi connectivity index (χ1) is 12.1. The molecule has 0 saturated heterocycles. The van der Waals surface area contributed by atoms with Crippen LogP contribution in [0.5, 0.6) is 0 Å². The van der Waals surface area contributed by atoms with Gasteiger partial charge in [0.05, 0.1) is 5.03 Å². The van der Waals surface area contributed by atoms with Crippen LogP contribution in [0.3, 0.4) is 0 Å². The van der Waals surface area contributed by atoms with E-state index >= 15 is 0 Å². The van der Waals surface area contributed by atoms with Crippen molar-refractivity contribution in [3.8, 4) is 0 Å². The minimum Gasteiger partial charge on any atom is -0.284 e. The van der Waals surface area contributed by atoms with Crippen LogP contribution < -0.4 is 11.2 Å². The highest BCUT2D eigenvalue weighted by atomic mass is 32.2. The van der Waals surface area contributed by atoms with Crippen LogP contribution in [0.4, 0.5) is 0 Å². The van der Waals surface area contributed by atoms with E-state index in [9.17, 15) is 9.59 Å². The summed E-state index contributed by atoms with van der Waals surface area (Å²) >= 11 is 1.41. The molecule has 0 spiro atoms. The first-order valence-electron chi connectivity index (χ1n) is 7.78. The highest BCUT2D eigenvalue weighted by Crippen LogP contribution is 2.27. The second kappa shape index (κ2) is 7.81. The zero-order valence-electron chi connectivity index (χ0n) is 13.7. The number of pyridine rings is 1. The molecule has 25 heavy (non-hydrogen) atoms. The van der Waals surface area contributed by atoms with Crippen LogP contribution in [0.2, 0.25) is 0 Å². The smallest absolute Gasteiger partial charge is 0.284 e. The van der Waals surface area contributed by atoms with E-state index in [2.05, 4.69) is 9.97 Å². The second-order valence-electron chi connectivity index (χ2n) is 5.40. The van der Waals surface area contributed by atoms with E-state index in [1.54, 1.807) is 23.9 Å². The lowest BCUT2D eigenvalue weighted by Crippen LogP contribution is -2.32. The number of nitrogens with one attached hydrogen (secondary N) is 1. The summed E-state index contributed by atoms with van der Waals surface area (Å²) in [5.41, 5.74) is 0.720. The molecule has 0 saturated carbocycles. The summed E-state index contributed by atoms with van der Waals surface area (Å²) in [6.45, 7) is 2.09. The van der Waals surface area contributed by atoms with Crippen molar-refractivity contribution in [1.29, 1.82) is 0 Å². The molecule has 126 valence electrons. The minimum atomic E-state index is -0.412. The molecule has 0 aliphatic heterocycles. The SMILES string of the molecule is Cc1c(Sc2ccccc2)n(C/C=C/c2cccnc2)c(=O)[nH]c1=O. The lowest BCUT2D eigenvalue weighted by atomic mass is 10.2.